The SMILES string of the molecule is Cc1cc(C)nc(OC2CCC(NS(=O)(=O)c3cn(C)c(C)n3)CC2)n1. The molecule has 0 bridgehead atoms. The van der Waals surface area contributed by atoms with Crippen LogP contribution in [-0.2, 0) is 17.1 Å². The predicted molar refractivity (Wildman–Crippen MR) is 96.4 cm³/mol. The van der Waals surface area contributed by atoms with Gasteiger partial charge < -0.3 is 9.30 Å². The Bertz CT molecular complexity index is 846. The van der Waals surface area contributed by atoms with E-state index in [1.165, 1.54) is 6.20 Å². The van der Waals surface area contributed by atoms with E-state index in [4.69, 9.17) is 4.74 Å². The van der Waals surface area contributed by atoms with E-state index in [9.17, 15) is 8.42 Å². The van der Waals surface area contributed by atoms with Crippen LogP contribution < -0.4 is 9.46 Å². The van der Waals surface area contributed by atoms with Gasteiger partial charge in [-0.15, -0.1) is 0 Å². The Kier molecular flexibility index (Phi) is 5.29. The van der Waals surface area contributed by atoms with Crippen molar-refractivity contribution in [3.05, 3.63) is 29.5 Å². The van der Waals surface area contributed by atoms with Crippen molar-refractivity contribution in [2.75, 3.05) is 0 Å². The first-order valence-corrected chi connectivity index (χ1v) is 10.2. The Morgan fingerprint density at radius 2 is 1.69 bits per heavy atom. The van der Waals surface area contributed by atoms with Crippen LogP contribution in [0.15, 0.2) is 17.3 Å². The minimum Gasteiger partial charge on any atom is -0.460 e. The zero-order valence-electron chi connectivity index (χ0n) is 15.6. The Morgan fingerprint density at radius 1 is 1.08 bits per heavy atom. The van der Waals surface area contributed by atoms with E-state index in [0.717, 1.165) is 24.2 Å². The van der Waals surface area contributed by atoms with Gasteiger partial charge in [0.2, 0.25) is 0 Å². The standard InChI is InChI=1S/C17H25N5O3S/c1-11-9-12(2)19-17(18-11)25-15-7-5-14(6-8-15)21-26(23,24)16-10-22(4)13(3)20-16/h9-10,14-15,21H,5-8H2,1-4H3. The monoisotopic (exact) mass is 379 g/mol. The quantitative estimate of drug-likeness (QED) is 0.850. The van der Waals surface area contributed by atoms with Crippen molar-refractivity contribution in [3.63, 3.8) is 0 Å². The Labute approximate surface area is 154 Å². The fraction of sp³-hybridized carbons (Fsp3) is 0.588. The summed E-state index contributed by atoms with van der Waals surface area (Å²) >= 11 is 0. The van der Waals surface area contributed by atoms with Gasteiger partial charge in [-0.2, -0.15) is 0 Å². The first kappa shape index (κ1) is 18.8. The molecule has 0 amide bonds. The zero-order chi connectivity index (χ0) is 18.9. The van der Waals surface area contributed by atoms with Crippen LogP contribution in [0.1, 0.15) is 42.9 Å². The maximum Gasteiger partial charge on any atom is 0.317 e. The lowest BCUT2D eigenvalue weighted by molar-refractivity contribution is 0.131. The summed E-state index contributed by atoms with van der Waals surface area (Å²) in [4.78, 5) is 12.7. The van der Waals surface area contributed by atoms with Gasteiger partial charge in [0.15, 0.2) is 5.03 Å². The molecular formula is C17H25N5O3S. The van der Waals surface area contributed by atoms with Crippen molar-refractivity contribution in [2.45, 2.75) is 63.6 Å². The molecule has 9 heteroatoms. The first-order valence-electron chi connectivity index (χ1n) is 8.74. The van der Waals surface area contributed by atoms with Crippen molar-refractivity contribution in [2.24, 2.45) is 7.05 Å². The fourth-order valence-corrected chi connectivity index (χ4v) is 4.47. The highest BCUT2D eigenvalue weighted by molar-refractivity contribution is 7.89. The number of ether oxygens (including phenoxy) is 1. The van der Waals surface area contributed by atoms with Crippen molar-refractivity contribution in [1.82, 2.24) is 24.2 Å². The molecule has 0 atom stereocenters. The van der Waals surface area contributed by atoms with Crippen molar-refractivity contribution >= 4 is 10.0 Å². The highest BCUT2D eigenvalue weighted by Crippen LogP contribution is 2.24. The first-order chi connectivity index (χ1) is 12.2. The lowest BCUT2D eigenvalue weighted by Gasteiger charge is -2.28. The number of nitrogens with one attached hydrogen (secondary N) is 1. The van der Waals surface area contributed by atoms with Gasteiger partial charge in [-0.05, 0) is 52.5 Å². The second kappa shape index (κ2) is 7.32. The molecule has 3 rings (SSSR count). The Balaban J connectivity index is 1.56. The average Bonchev–Trinajstić information content (AvgIpc) is 2.88. The van der Waals surface area contributed by atoms with Gasteiger partial charge in [-0.25, -0.2) is 28.1 Å². The van der Waals surface area contributed by atoms with Crippen LogP contribution in [0.3, 0.4) is 0 Å². The van der Waals surface area contributed by atoms with Gasteiger partial charge in [-0.3, -0.25) is 0 Å². The second-order valence-corrected chi connectivity index (χ2v) is 8.54. The summed E-state index contributed by atoms with van der Waals surface area (Å²) in [6, 6.07) is 2.19. The highest BCUT2D eigenvalue weighted by atomic mass is 32.2. The number of aromatic nitrogens is 4. The molecule has 8 nitrogen and oxygen atoms in total. The van der Waals surface area contributed by atoms with E-state index >= 15 is 0 Å². The van der Waals surface area contributed by atoms with Gasteiger partial charge in [0, 0.05) is 30.7 Å². The van der Waals surface area contributed by atoms with Crippen LogP contribution >= 0.6 is 0 Å². The van der Waals surface area contributed by atoms with Crippen LogP contribution in [-0.4, -0.2) is 40.1 Å². The van der Waals surface area contributed by atoms with Crippen LogP contribution in [0, 0.1) is 20.8 Å². The van der Waals surface area contributed by atoms with Crippen molar-refractivity contribution < 1.29 is 13.2 Å². The molecule has 0 spiro atoms. The maximum atomic E-state index is 12.5. The van der Waals surface area contributed by atoms with Crippen LogP contribution in [0.25, 0.3) is 0 Å². The van der Waals surface area contributed by atoms with Gasteiger partial charge in [0.25, 0.3) is 10.0 Å². The zero-order valence-corrected chi connectivity index (χ0v) is 16.4. The summed E-state index contributed by atoms with van der Waals surface area (Å²) in [5, 5.41) is 0.0690. The van der Waals surface area contributed by atoms with E-state index < -0.39 is 10.0 Å². The molecule has 0 aliphatic heterocycles. The van der Waals surface area contributed by atoms with Crippen molar-refractivity contribution in [1.29, 1.82) is 0 Å². The third-order valence-electron chi connectivity index (χ3n) is 4.59. The molecule has 1 aliphatic rings. The number of hydrogen-bond donors (Lipinski definition) is 1. The number of aryl methyl sites for hydroxylation is 4. The normalized spacial score (nSPS) is 20.9. The molecule has 2 heterocycles. The molecule has 2 aromatic heterocycles. The van der Waals surface area contributed by atoms with Crippen molar-refractivity contribution in [3.8, 4) is 6.01 Å². The number of sulfonamides is 1. The molecule has 1 aliphatic carbocycles. The fourth-order valence-electron chi connectivity index (χ4n) is 3.13. The van der Waals surface area contributed by atoms with Gasteiger partial charge in [-0.1, -0.05) is 0 Å². The molecule has 0 radical (unpaired) electrons. The highest BCUT2D eigenvalue weighted by Gasteiger charge is 2.28. The third-order valence-corrected chi connectivity index (χ3v) is 5.98. The summed E-state index contributed by atoms with van der Waals surface area (Å²) < 4.78 is 35.3. The summed E-state index contributed by atoms with van der Waals surface area (Å²) in [5.74, 6) is 0.663. The molecule has 0 saturated heterocycles. The molecule has 1 N–H and O–H groups in total. The van der Waals surface area contributed by atoms with E-state index in [0.29, 0.717) is 24.7 Å². The number of nitrogens with zero attached hydrogens (tertiary/aromatic N) is 4. The third kappa shape index (κ3) is 4.39. The maximum absolute atomic E-state index is 12.5. The molecule has 1 saturated carbocycles. The number of imidazole rings is 1. The molecule has 2 aromatic rings. The largest absolute Gasteiger partial charge is 0.460 e. The molecule has 0 unspecified atom stereocenters. The molecule has 1 fully saturated rings. The Morgan fingerprint density at radius 3 is 2.23 bits per heavy atom. The van der Waals surface area contributed by atoms with E-state index in [2.05, 4.69) is 19.7 Å². The predicted octanol–water partition coefficient (Wildman–Crippen LogP) is 1.80. The topological polar surface area (TPSA) is 99.0 Å². The summed E-state index contributed by atoms with van der Waals surface area (Å²) in [6.07, 6.45) is 4.47. The number of rotatable bonds is 5. The number of hydrogen-bond acceptors (Lipinski definition) is 6. The molecule has 0 aromatic carbocycles. The Hall–Kier alpha value is -2.00. The smallest absolute Gasteiger partial charge is 0.317 e. The van der Waals surface area contributed by atoms with Gasteiger partial charge in [0.05, 0.1) is 0 Å². The summed E-state index contributed by atoms with van der Waals surface area (Å²) in [7, 11) is -1.82. The van der Waals surface area contributed by atoms with Crippen LogP contribution in [0.4, 0.5) is 0 Å². The summed E-state index contributed by atoms with van der Waals surface area (Å²) in [5.41, 5.74) is 1.75. The van der Waals surface area contributed by atoms with Crippen LogP contribution in [0.2, 0.25) is 0 Å². The molecule has 26 heavy (non-hydrogen) atoms. The van der Waals surface area contributed by atoms with E-state index in [1.54, 1.807) is 18.5 Å². The van der Waals surface area contributed by atoms with E-state index in [1.807, 2.05) is 19.9 Å². The molecular weight excluding hydrogens is 354 g/mol. The second-order valence-electron chi connectivity index (χ2n) is 6.88. The van der Waals surface area contributed by atoms with Crippen LogP contribution in [0.5, 0.6) is 6.01 Å². The average molecular weight is 379 g/mol. The van der Waals surface area contributed by atoms with E-state index in [-0.39, 0.29) is 17.2 Å². The minimum atomic E-state index is -3.60. The lowest BCUT2D eigenvalue weighted by Crippen LogP contribution is -2.39. The minimum absolute atomic E-state index is 0.00838. The van der Waals surface area contributed by atoms with Gasteiger partial charge in [0.1, 0.15) is 11.9 Å². The summed E-state index contributed by atoms with van der Waals surface area (Å²) in [6.45, 7) is 5.59. The molecule has 142 valence electrons. The van der Waals surface area contributed by atoms with Gasteiger partial charge >= 0.3 is 6.01 Å². The lowest BCUT2D eigenvalue weighted by atomic mass is 9.94.